The fourth-order valence-corrected chi connectivity index (χ4v) is 3.58. The number of carbonyl (C=O) groups is 2. The smallest absolute Gasteiger partial charge is 0.874 e. The number of nitro groups is 2. The third kappa shape index (κ3) is 12.2. The Kier molecular flexibility index (Phi) is 15.1. The summed E-state index contributed by atoms with van der Waals surface area (Å²) in [5.74, 6) is -4.20. The van der Waals surface area contributed by atoms with Crippen LogP contribution in [-0.2, 0) is 26.4 Å². The molecule has 0 saturated heterocycles. The Labute approximate surface area is 300 Å². The normalized spacial score (nSPS) is 11.6. The van der Waals surface area contributed by atoms with Crippen molar-refractivity contribution in [2.75, 3.05) is 10.6 Å². The zero-order chi connectivity index (χ0) is 36.8. The van der Waals surface area contributed by atoms with Gasteiger partial charge in [-0.05, 0) is 24.3 Å². The number of rotatable bonds is 10. The van der Waals surface area contributed by atoms with Gasteiger partial charge in [0.05, 0.1) is 21.2 Å². The summed E-state index contributed by atoms with van der Waals surface area (Å²) in [6.07, 6.45) is 0. The summed E-state index contributed by atoms with van der Waals surface area (Å²) in [4.78, 5) is 44.3. The first-order valence-electron chi connectivity index (χ1n) is 14.0. The van der Waals surface area contributed by atoms with E-state index in [9.17, 15) is 50.2 Å². The van der Waals surface area contributed by atoms with E-state index in [1.807, 2.05) is 0 Å². The Hall–Kier alpha value is -6.99. The van der Waals surface area contributed by atoms with Crippen molar-refractivity contribution in [3.63, 3.8) is 0 Å². The predicted octanol–water partition coefficient (Wildman–Crippen LogP) is 4.08. The molecule has 2 N–H and O–H groups in total. The van der Waals surface area contributed by atoms with Gasteiger partial charge in [-0.15, -0.1) is 21.7 Å². The minimum atomic E-state index is -0.805. The van der Waals surface area contributed by atoms with Crippen molar-refractivity contribution in [1.29, 1.82) is 0 Å². The average molecular weight is 741 g/mol. The summed E-state index contributed by atoms with van der Waals surface area (Å²) in [7, 11) is 0. The van der Waals surface area contributed by atoms with Crippen LogP contribution < -0.4 is 31.1 Å². The minimum absolute atomic E-state index is 0. The number of anilines is 2. The summed E-state index contributed by atoms with van der Waals surface area (Å²) in [5, 5.41) is 87.0. The number of hydrogen-bond acceptors (Lipinski definition) is 14. The van der Waals surface area contributed by atoms with E-state index in [4.69, 9.17) is 0 Å². The second-order valence-electron chi connectivity index (χ2n) is 9.67. The number of allylic oxidation sites excluding steroid dienone is 2. The molecule has 0 aliphatic carbocycles. The molecule has 4 aromatic rings. The van der Waals surface area contributed by atoms with E-state index in [0.29, 0.717) is 11.4 Å². The number of benzene rings is 4. The molecule has 0 unspecified atom stereocenters. The van der Waals surface area contributed by atoms with Gasteiger partial charge in [0, 0.05) is 35.6 Å². The molecule has 4 rings (SSSR count). The Morgan fingerprint density at radius 3 is 1.24 bits per heavy atom. The van der Waals surface area contributed by atoms with Crippen molar-refractivity contribution in [2.45, 2.75) is 13.8 Å². The maximum Gasteiger partial charge on any atom is 3.00 e. The fourth-order valence-electron chi connectivity index (χ4n) is 3.58. The summed E-state index contributed by atoms with van der Waals surface area (Å²) in [6, 6.07) is 22.5. The fraction of sp³-hybridized carbons (Fsp3) is 0.0625. The standard InChI is InChI=1S/2C16H14N4O5.Co/c2*1-10(21)15(16(23)17-11-5-3-2-4-6-11)19-18-13-9-12(20(24)25)7-8-14(13)22;/h2*2-9,21-22H,1H3,(H,17,23);/q;;+3/p-3/b2*15-10-,19-18?;. The van der Waals surface area contributed by atoms with Crippen LogP contribution in [0.15, 0.2) is 140 Å². The maximum absolute atomic E-state index is 12.1. The van der Waals surface area contributed by atoms with Gasteiger partial charge in [-0.25, -0.2) is 0 Å². The Morgan fingerprint density at radius 2 is 0.941 bits per heavy atom. The quantitative estimate of drug-likeness (QED) is 0.0772. The molecule has 0 saturated carbocycles. The molecule has 0 heterocycles. The molecule has 0 radical (unpaired) electrons. The van der Waals surface area contributed by atoms with E-state index >= 15 is 0 Å². The van der Waals surface area contributed by atoms with Crippen molar-refractivity contribution in [2.24, 2.45) is 20.5 Å². The van der Waals surface area contributed by atoms with E-state index in [2.05, 4.69) is 31.1 Å². The monoisotopic (exact) mass is 740 g/mol. The van der Waals surface area contributed by atoms with E-state index < -0.39 is 56.1 Å². The minimum Gasteiger partial charge on any atom is -0.874 e. The molecule has 51 heavy (non-hydrogen) atoms. The molecule has 0 spiro atoms. The number of nitrogens with one attached hydrogen (secondary N) is 2. The zero-order valence-electron chi connectivity index (χ0n) is 27.3. The molecule has 0 bridgehead atoms. The van der Waals surface area contributed by atoms with Crippen LogP contribution in [0.3, 0.4) is 0 Å². The van der Waals surface area contributed by atoms with Gasteiger partial charge in [0.25, 0.3) is 23.2 Å². The third-order valence-electron chi connectivity index (χ3n) is 5.98. The summed E-state index contributed by atoms with van der Waals surface area (Å²) < 4.78 is 0. The van der Waals surface area contributed by atoms with Gasteiger partial charge in [0.1, 0.15) is 11.4 Å². The van der Waals surface area contributed by atoms with E-state index in [1.165, 1.54) is 0 Å². The predicted molar refractivity (Wildman–Crippen MR) is 171 cm³/mol. The van der Waals surface area contributed by atoms with Gasteiger partial charge < -0.3 is 31.1 Å². The molecular weight excluding hydrogens is 715 g/mol. The number of nitrogens with zero attached hydrogens (tertiary/aromatic N) is 6. The van der Waals surface area contributed by atoms with Gasteiger partial charge >= 0.3 is 18.2 Å². The van der Waals surface area contributed by atoms with Gasteiger partial charge in [0.15, 0.2) is 0 Å². The number of para-hydroxylation sites is 2. The molecule has 0 aliphatic heterocycles. The second kappa shape index (κ2) is 19.1. The summed E-state index contributed by atoms with van der Waals surface area (Å²) in [5.41, 5.74) is -1.58. The average Bonchev–Trinajstić information content (AvgIpc) is 3.07. The van der Waals surface area contributed by atoms with Crippen molar-refractivity contribution < 1.29 is 58.1 Å². The first-order valence-corrected chi connectivity index (χ1v) is 14.0. The molecule has 0 atom stereocenters. The van der Waals surface area contributed by atoms with Gasteiger partial charge in [-0.1, -0.05) is 73.9 Å². The summed E-state index contributed by atoms with van der Waals surface area (Å²) >= 11 is 0. The first-order chi connectivity index (χ1) is 23.8. The third-order valence-corrected chi connectivity index (χ3v) is 5.98. The van der Waals surface area contributed by atoms with Crippen LogP contribution in [0, 0.1) is 20.2 Å². The van der Waals surface area contributed by atoms with Crippen molar-refractivity contribution in [3.05, 3.63) is 140 Å². The van der Waals surface area contributed by atoms with Crippen LogP contribution in [0.25, 0.3) is 0 Å². The molecule has 4 aromatic carbocycles. The largest absolute Gasteiger partial charge is 3.00 e. The Balaban J connectivity index is 0.000000501. The van der Waals surface area contributed by atoms with Crippen LogP contribution in [0.5, 0.6) is 11.5 Å². The molecular formula is C32H25CoN8O10. The van der Waals surface area contributed by atoms with E-state index in [-0.39, 0.29) is 41.0 Å². The van der Waals surface area contributed by atoms with Crippen LogP contribution in [0.1, 0.15) is 15.3 Å². The molecule has 18 nitrogen and oxygen atoms in total. The van der Waals surface area contributed by atoms with Crippen molar-refractivity contribution >= 4 is 45.9 Å². The van der Waals surface area contributed by atoms with Gasteiger partial charge in [-0.3, -0.25) is 29.8 Å². The van der Waals surface area contributed by atoms with Crippen LogP contribution in [-0.4, -0.2) is 21.7 Å². The second-order valence-corrected chi connectivity index (χ2v) is 9.67. The SMILES string of the molecule is C/C([O-])=C(/N=Nc1cc([N+](=O)[O-])ccc1[O-])C(=O)Nc1ccccc1.C/C([O-])=C(/N=Nc1cc([N+](=O)[O-])ccc1[O-])C(=O)Nc1ccccc1.[Co+3].[H+]. The van der Waals surface area contributed by atoms with Gasteiger partial charge in [0.2, 0.25) is 0 Å². The number of azo groups is 2. The van der Waals surface area contributed by atoms with Gasteiger partial charge in [-0.2, -0.15) is 10.2 Å². The Morgan fingerprint density at radius 1 is 0.608 bits per heavy atom. The van der Waals surface area contributed by atoms with E-state index in [0.717, 1.165) is 50.2 Å². The number of nitro benzene ring substituents is 2. The van der Waals surface area contributed by atoms with Crippen LogP contribution in [0.4, 0.5) is 34.1 Å². The summed E-state index contributed by atoms with van der Waals surface area (Å²) in [6.45, 7) is 2.23. The van der Waals surface area contributed by atoms with Crippen molar-refractivity contribution in [1.82, 2.24) is 0 Å². The zero-order valence-corrected chi connectivity index (χ0v) is 27.4. The molecule has 2 amide bonds. The first kappa shape index (κ1) is 40.2. The number of non-ortho nitro benzene ring substituents is 2. The van der Waals surface area contributed by atoms with Crippen molar-refractivity contribution in [3.8, 4) is 11.5 Å². The molecule has 19 heteroatoms. The molecule has 262 valence electrons. The number of amides is 2. The Bertz CT molecular complexity index is 1880. The van der Waals surface area contributed by atoms with E-state index in [1.54, 1.807) is 60.7 Å². The topological polar surface area (TPSA) is 286 Å². The van der Waals surface area contributed by atoms with Crippen LogP contribution >= 0.6 is 0 Å². The molecule has 0 aromatic heterocycles. The number of hydrogen-bond donors (Lipinski definition) is 2. The molecule has 0 aliphatic rings. The molecule has 0 fully saturated rings. The number of carbonyl (C=O) groups excluding carboxylic acids is 2. The maximum atomic E-state index is 12.1. The van der Waals surface area contributed by atoms with Crippen LogP contribution in [0.2, 0.25) is 0 Å².